The zero-order valence-corrected chi connectivity index (χ0v) is 9.69. The van der Waals surface area contributed by atoms with E-state index in [4.69, 9.17) is 5.73 Å². The van der Waals surface area contributed by atoms with Crippen LogP contribution in [0.4, 0.5) is 0 Å². The summed E-state index contributed by atoms with van der Waals surface area (Å²) < 4.78 is 0. The van der Waals surface area contributed by atoms with E-state index in [9.17, 15) is 0 Å². The van der Waals surface area contributed by atoms with Gasteiger partial charge in [-0.2, -0.15) is 0 Å². The van der Waals surface area contributed by atoms with Gasteiger partial charge in [0.15, 0.2) is 5.16 Å². The van der Waals surface area contributed by atoms with Crippen molar-refractivity contribution in [3.05, 3.63) is 42.4 Å². The average Bonchev–Trinajstić information content (AvgIpc) is 2.30. The lowest BCUT2D eigenvalue weighted by atomic mass is 10.1. The van der Waals surface area contributed by atoms with Crippen LogP contribution in [0.15, 0.2) is 47.0 Å². The molecule has 4 nitrogen and oxygen atoms in total. The molecule has 0 bridgehead atoms. The van der Waals surface area contributed by atoms with E-state index in [0.29, 0.717) is 5.16 Å². The fraction of sp³-hybridized carbons (Fsp3) is 0.182. The predicted molar refractivity (Wildman–Crippen MR) is 63.0 cm³/mol. The van der Waals surface area contributed by atoms with E-state index < -0.39 is 0 Å². The van der Waals surface area contributed by atoms with Crippen molar-refractivity contribution in [3.8, 4) is 0 Å². The molecule has 0 radical (unpaired) electrons. The minimum Gasteiger partial charge on any atom is -0.324 e. The van der Waals surface area contributed by atoms with Crippen LogP contribution in [0.5, 0.6) is 0 Å². The van der Waals surface area contributed by atoms with Gasteiger partial charge in [-0.3, -0.25) is 0 Å². The van der Waals surface area contributed by atoms with Gasteiger partial charge in [0.25, 0.3) is 0 Å². The highest BCUT2D eigenvalue weighted by Crippen LogP contribution is 2.23. The molecule has 2 N–H and O–H groups in total. The lowest BCUT2D eigenvalue weighted by Gasteiger charge is -2.06. The van der Waals surface area contributed by atoms with Gasteiger partial charge >= 0.3 is 0 Å². The number of hydrogen-bond donors (Lipinski definition) is 1. The first-order valence-electron chi connectivity index (χ1n) is 4.92. The summed E-state index contributed by atoms with van der Waals surface area (Å²) in [7, 11) is 0. The topological polar surface area (TPSA) is 64.7 Å². The first kappa shape index (κ1) is 11.0. The van der Waals surface area contributed by atoms with Crippen LogP contribution < -0.4 is 5.73 Å². The van der Waals surface area contributed by atoms with Gasteiger partial charge in [0, 0.05) is 24.6 Å². The number of aromatic nitrogens is 3. The third-order valence-corrected chi connectivity index (χ3v) is 2.85. The Morgan fingerprint density at radius 1 is 1.19 bits per heavy atom. The van der Waals surface area contributed by atoms with Gasteiger partial charge in [-0.05, 0) is 42.4 Å². The highest BCUT2D eigenvalue weighted by Gasteiger charge is 2.04. The number of nitrogens with two attached hydrogens (primary N) is 1. The van der Waals surface area contributed by atoms with Crippen LogP contribution in [-0.4, -0.2) is 15.0 Å². The quantitative estimate of drug-likeness (QED) is 0.820. The summed E-state index contributed by atoms with van der Waals surface area (Å²) in [4.78, 5) is 12.5. The zero-order chi connectivity index (χ0) is 11.4. The summed E-state index contributed by atoms with van der Waals surface area (Å²) in [5.41, 5.74) is 6.87. The van der Waals surface area contributed by atoms with E-state index in [1.54, 1.807) is 24.7 Å². The number of rotatable bonds is 3. The summed E-state index contributed by atoms with van der Waals surface area (Å²) in [6.07, 6.45) is 5.18. The number of nitrogens with zero attached hydrogens (tertiary/aromatic N) is 3. The van der Waals surface area contributed by atoms with Crippen molar-refractivity contribution in [1.82, 2.24) is 15.0 Å². The molecule has 5 heteroatoms. The summed E-state index contributed by atoms with van der Waals surface area (Å²) in [6, 6.07) is 5.68. The molecule has 0 amide bonds. The van der Waals surface area contributed by atoms with Gasteiger partial charge in [-0.1, -0.05) is 0 Å². The first-order chi connectivity index (χ1) is 7.75. The fourth-order valence-electron chi connectivity index (χ4n) is 1.20. The molecular formula is C11H12N4S. The molecule has 2 aromatic heterocycles. The second kappa shape index (κ2) is 5.05. The first-order valence-corrected chi connectivity index (χ1v) is 5.74. The highest BCUT2D eigenvalue weighted by molar-refractivity contribution is 7.99. The highest BCUT2D eigenvalue weighted by atomic mass is 32.2. The molecule has 0 aliphatic heterocycles. The van der Waals surface area contributed by atoms with Crippen molar-refractivity contribution in [2.45, 2.75) is 23.1 Å². The summed E-state index contributed by atoms with van der Waals surface area (Å²) >= 11 is 1.43. The van der Waals surface area contributed by atoms with Crippen LogP contribution in [0.25, 0.3) is 0 Å². The summed E-state index contributed by atoms with van der Waals surface area (Å²) in [6.45, 7) is 1.95. The molecule has 82 valence electrons. The maximum absolute atomic E-state index is 5.81. The Morgan fingerprint density at radius 2 is 1.94 bits per heavy atom. The molecule has 0 spiro atoms. The van der Waals surface area contributed by atoms with Crippen molar-refractivity contribution >= 4 is 11.8 Å². The molecule has 16 heavy (non-hydrogen) atoms. The maximum Gasteiger partial charge on any atom is 0.193 e. The SMILES string of the molecule is C[C@H](N)c1ccnc(Sc2ncccn2)c1. The molecule has 2 aromatic rings. The van der Waals surface area contributed by atoms with Crippen LogP contribution >= 0.6 is 11.8 Å². The Labute approximate surface area is 98.3 Å². The third-order valence-electron chi connectivity index (χ3n) is 2.02. The van der Waals surface area contributed by atoms with E-state index in [0.717, 1.165) is 10.6 Å². The molecule has 0 fully saturated rings. The van der Waals surface area contributed by atoms with E-state index in [-0.39, 0.29) is 6.04 Å². The van der Waals surface area contributed by atoms with Crippen LogP contribution in [0.1, 0.15) is 18.5 Å². The van der Waals surface area contributed by atoms with Crippen molar-refractivity contribution in [1.29, 1.82) is 0 Å². The largest absolute Gasteiger partial charge is 0.324 e. The number of pyridine rings is 1. The van der Waals surface area contributed by atoms with Crippen molar-refractivity contribution in [2.24, 2.45) is 5.73 Å². The molecule has 1 atom stereocenters. The van der Waals surface area contributed by atoms with E-state index in [1.165, 1.54) is 11.8 Å². The van der Waals surface area contributed by atoms with Crippen LogP contribution in [-0.2, 0) is 0 Å². The average molecular weight is 232 g/mol. The molecule has 0 aromatic carbocycles. The Morgan fingerprint density at radius 3 is 2.62 bits per heavy atom. The van der Waals surface area contributed by atoms with Crippen LogP contribution in [0.2, 0.25) is 0 Å². The van der Waals surface area contributed by atoms with Gasteiger partial charge in [0.05, 0.1) is 0 Å². The van der Waals surface area contributed by atoms with Crippen LogP contribution in [0, 0.1) is 0 Å². The third kappa shape index (κ3) is 2.77. The van der Waals surface area contributed by atoms with Crippen molar-refractivity contribution in [2.75, 3.05) is 0 Å². The Hall–Kier alpha value is -1.46. The second-order valence-electron chi connectivity index (χ2n) is 3.35. The lowest BCUT2D eigenvalue weighted by Crippen LogP contribution is -2.05. The van der Waals surface area contributed by atoms with Gasteiger partial charge in [-0.15, -0.1) is 0 Å². The van der Waals surface area contributed by atoms with Gasteiger partial charge < -0.3 is 5.73 Å². The smallest absolute Gasteiger partial charge is 0.193 e. The molecule has 0 saturated carbocycles. The minimum atomic E-state index is 0.0130. The molecular weight excluding hydrogens is 220 g/mol. The van der Waals surface area contributed by atoms with E-state index >= 15 is 0 Å². The fourth-order valence-corrected chi connectivity index (χ4v) is 1.92. The standard InChI is InChI=1S/C11H12N4S/c1-8(12)9-3-6-13-10(7-9)16-11-14-4-2-5-15-11/h2-8H,12H2,1H3/t8-/m0/s1. The lowest BCUT2D eigenvalue weighted by molar-refractivity contribution is 0.807. The van der Waals surface area contributed by atoms with Crippen LogP contribution in [0.3, 0.4) is 0 Å². The Balaban J connectivity index is 2.19. The second-order valence-corrected chi connectivity index (χ2v) is 4.34. The maximum atomic E-state index is 5.81. The van der Waals surface area contributed by atoms with E-state index in [1.807, 2.05) is 19.1 Å². The number of hydrogen-bond acceptors (Lipinski definition) is 5. The monoisotopic (exact) mass is 232 g/mol. The van der Waals surface area contributed by atoms with Gasteiger partial charge in [-0.25, -0.2) is 15.0 Å². The normalized spacial score (nSPS) is 12.4. The molecule has 2 rings (SSSR count). The van der Waals surface area contributed by atoms with E-state index in [2.05, 4.69) is 15.0 Å². The summed E-state index contributed by atoms with van der Waals surface area (Å²) in [5.74, 6) is 0. The Bertz CT molecular complexity index is 459. The van der Waals surface area contributed by atoms with Gasteiger partial charge in [0.1, 0.15) is 5.03 Å². The molecule has 0 aliphatic carbocycles. The summed E-state index contributed by atoms with van der Waals surface area (Å²) in [5, 5.41) is 1.55. The minimum absolute atomic E-state index is 0.0130. The zero-order valence-electron chi connectivity index (χ0n) is 8.87. The predicted octanol–water partition coefficient (Wildman–Crippen LogP) is 2.04. The molecule has 2 heterocycles. The molecule has 0 saturated heterocycles. The molecule has 0 aliphatic rings. The van der Waals surface area contributed by atoms with Gasteiger partial charge in [0.2, 0.25) is 0 Å². The molecule has 0 unspecified atom stereocenters. The van der Waals surface area contributed by atoms with Crippen molar-refractivity contribution < 1.29 is 0 Å². The van der Waals surface area contributed by atoms with Crippen molar-refractivity contribution in [3.63, 3.8) is 0 Å². The Kier molecular flexibility index (Phi) is 3.48.